The van der Waals surface area contributed by atoms with Crippen molar-refractivity contribution in [2.45, 2.75) is 70.5 Å². The normalized spacial score (nSPS) is 12.8. The zero-order valence-electron chi connectivity index (χ0n) is 19.2. The summed E-state index contributed by atoms with van der Waals surface area (Å²) in [6, 6.07) is 13.1. The van der Waals surface area contributed by atoms with Gasteiger partial charge in [0.2, 0.25) is 11.8 Å². The summed E-state index contributed by atoms with van der Waals surface area (Å²) in [5.74, 6) is 0.465. The minimum atomic E-state index is -0.546. The number of benzene rings is 2. The molecule has 0 aliphatic heterocycles. The predicted octanol–water partition coefficient (Wildman–Crippen LogP) is 6.51. The van der Waals surface area contributed by atoms with Gasteiger partial charge < -0.3 is 10.2 Å². The van der Waals surface area contributed by atoms with Crippen molar-refractivity contribution in [3.05, 3.63) is 63.6 Å². The van der Waals surface area contributed by atoms with Gasteiger partial charge in [0.1, 0.15) is 6.04 Å². The zero-order chi connectivity index (χ0) is 23.7. The summed E-state index contributed by atoms with van der Waals surface area (Å²) < 4.78 is 0. The van der Waals surface area contributed by atoms with Crippen LogP contribution in [0.15, 0.2) is 47.4 Å². The molecule has 0 radical (unpaired) electrons. The number of nitrogens with zero attached hydrogens (tertiary/aromatic N) is 1. The molecule has 2 unspecified atom stereocenters. The molecule has 0 spiro atoms. The second-order valence-electron chi connectivity index (χ2n) is 7.92. The standard InChI is InChI=1S/C25H32Cl2N2O2S/c1-5-18(4)28-25(31)23(6-2)29(16-19-9-12-21(26)22(27)15-19)24(30)13-14-32-20-10-7-17(3)8-11-20/h7-12,15,18,23H,5-6,13-14,16H2,1-4H3,(H,28,31). The lowest BCUT2D eigenvalue weighted by Gasteiger charge is -2.31. The molecule has 0 heterocycles. The summed E-state index contributed by atoms with van der Waals surface area (Å²) in [6.07, 6.45) is 1.70. The Morgan fingerprint density at radius 1 is 1.03 bits per heavy atom. The fourth-order valence-electron chi connectivity index (χ4n) is 3.23. The molecule has 2 aromatic rings. The van der Waals surface area contributed by atoms with Crippen LogP contribution in [-0.2, 0) is 16.1 Å². The lowest BCUT2D eigenvalue weighted by atomic mass is 10.1. The fourth-order valence-corrected chi connectivity index (χ4v) is 4.39. The Morgan fingerprint density at radius 2 is 1.72 bits per heavy atom. The summed E-state index contributed by atoms with van der Waals surface area (Å²) in [4.78, 5) is 29.0. The van der Waals surface area contributed by atoms with E-state index in [2.05, 4.69) is 29.6 Å². The average molecular weight is 496 g/mol. The van der Waals surface area contributed by atoms with E-state index in [4.69, 9.17) is 23.2 Å². The molecule has 0 aliphatic carbocycles. The molecule has 1 N–H and O–H groups in total. The number of hydrogen-bond acceptors (Lipinski definition) is 3. The van der Waals surface area contributed by atoms with E-state index in [9.17, 15) is 9.59 Å². The molecule has 0 bridgehead atoms. The molecule has 0 aliphatic rings. The van der Waals surface area contributed by atoms with Crippen LogP contribution in [0.1, 0.15) is 51.2 Å². The third-order valence-corrected chi connectivity index (χ3v) is 7.08. The predicted molar refractivity (Wildman–Crippen MR) is 136 cm³/mol. The number of thioether (sulfide) groups is 1. The number of carbonyl (C=O) groups excluding carboxylic acids is 2. The number of hydrogen-bond donors (Lipinski definition) is 1. The van der Waals surface area contributed by atoms with Crippen LogP contribution in [-0.4, -0.2) is 34.6 Å². The number of nitrogens with one attached hydrogen (secondary N) is 1. The van der Waals surface area contributed by atoms with Crippen molar-refractivity contribution in [3.8, 4) is 0 Å². The Bertz CT molecular complexity index is 905. The van der Waals surface area contributed by atoms with Crippen LogP contribution in [0, 0.1) is 6.92 Å². The first kappa shape index (κ1) is 26.6. The van der Waals surface area contributed by atoms with Crippen LogP contribution in [0.25, 0.3) is 0 Å². The Balaban J connectivity index is 2.16. The molecule has 0 fully saturated rings. The van der Waals surface area contributed by atoms with Crippen LogP contribution in [0.2, 0.25) is 10.0 Å². The molecule has 2 atom stereocenters. The van der Waals surface area contributed by atoms with Gasteiger partial charge in [0, 0.05) is 29.7 Å². The van der Waals surface area contributed by atoms with Gasteiger partial charge >= 0.3 is 0 Å². The Morgan fingerprint density at radius 3 is 2.31 bits per heavy atom. The van der Waals surface area contributed by atoms with E-state index in [1.165, 1.54) is 5.56 Å². The van der Waals surface area contributed by atoms with Crippen molar-refractivity contribution in [2.75, 3.05) is 5.75 Å². The van der Waals surface area contributed by atoms with Gasteiger partial charge in [-0.2, -0.15) is 0 Å². The van der Waals surface area contributed by atoms with E-state index >= 15 is 0 Å². The van der Waals surface area contributed by atoms with Crippen molar-refractivity contribution in [2.24, 2.45) is 0 Å². The van der Waals surface area contributed by atoms with Crippen LogP contribution >= 0.6 is 35.0 Å². The molecular weight excluding hydrogens is 463 g/mol. The number of rotatable bonds is 11. The largest absolute Gasteiger partial charge is 0.352 e. The van der Waals surface area contributed by atoms with E-state index < -0.39 is 6.04 Å². The first-order chi connectivity index (χ1) is 15.2. The zero-order valence-corrected chi connectivity index (χ0v) is 21.5. The first-order valence-electron chi connectivity index (χ1n) is 11.0. The third kappa shape index (κ3) is 8.02. The lowest BCUT2D eigenvalue weighted by Crippen LogP contribution is -2.50. The third-order valence-electron chi connectivity index (χ3n) is 5.33. The summed E-state index contributed by atoms with van der Waals surface area (Å²) in [5, 5.41) is 3.92. The molecule has 0 saturated heterocycles. The smallest absolute Gasteiger partial charge is 0.243 e. The minimum absolute atomic E-state index is 0.0515. The van der Waals surface area contributed by atoms with Gasteiger partial charge in [-0.25, -0.2) is 0 Å². The molecule has 32 heavy (non-hydrogen) atoms. The van der Waals surface area contributed by atoms with Gasteiger partial charge in [0.25, 0.3) is 0 Å². The van der Waals surface area contributed by atoms with Gasteiger partial charge in [-0.3, -0.25) is 9.59 Å². The van der Waals surface area contributed by atoms with Gasteiger partial charge in [0.05, 0.1) is 10.0 Å². The van der Waals surface area contributed by atoms with Crippen molar-refractivity contribution >= 4 is 46.8 Å². The molecule has 174 valence electrons. The Kier molecular flexibility index (Phi) is 10.9. The molecule has 4 nitrogen and oxygen atoms in total. The molecular formula is C25H32Cl2N2O2S. The maximum Gasteiger partial charge on any atom is 0.243 e. The lowest BCUT2D eigenvalue weighted by molar-refractivity contribution is -0.141. The van der Waals surface area contributed by atoms with E-state index in [1.807, 2.05) is 33.8 Å². The monoisotopic (exact) mass is 494 g/mol. The summed E-state index contributed by atoms with van der Waals surface area (Å²) in [7, 11) is 0. The highest BCUT2D eigenvalue weighted by atomic mass is 35.5. The Hall–Kier alpha value is -1.69. The number of carbonyl (C=O) groups is 2. The van der Waals surface area contributed by atoms with Crippen molar-refractivity contribution in [1.29, 1.82) is 0 Å². The highest BCUT2D eigenvalue weighted by Gasteiger charge is 2.29. The van der Waals surface area contributed by atoms with Crippen LogP contribution in [0.3, 0.4) is 0 Å². The molecule has 2 amide bonds. The van der Waals surface area contributed by atoms with E-state index in [0.29, 0.717) is 35.2 Å². The maximum absolute atomic E-state index is 13.3. The van der Waals surface area contributed by atoms with E-state index in [1.54, 1.807) is 28.8 Å². The maximum atomic E-state index is 13.3. The molecule has 0 aromatic heterocycles. The molecule has 2 rings (SSSR count). The fraction of sp³-hybridized carbons (Fsp3) is 0.440. The number of halogens is 2. The van der Waals surface area contributed by atoms with Crippen LogP contribution in [0.4, 0.5) is 0 Å². The van der Waals surface area contributed by atoms with Crippen LogP contribution < -0.4 is 5.32 Å². The summed E-state index contributed by atoms with van der Waals surface area (Å²) in [6.45, 7) is 8.27. The second-order valence-corrected chi connectivity index (χ2v) is 9.91. The number of amides is 2. The second kappa shape index (κ2) is 13.1. The van der Waals surface area contributed by atoms with Gasteiger partial charge in [-0.15, -0.1) is 11.8 Å². The molecule has 2 aromatic carbocycles. The van der Waals surface area contributed by atoms with Gasteiger partial charge in [-0.05, 0) is 56.5 Å². The summed E-state index contributed by atoms with van der Waals surface area (Å²) >= 11 is 13.9. The highest BCUT2D eigenvalue weighted by Crippen LogP contribution is 2.25. The molecule has 0 saturated carbocycles. The quantitative estimate of drug-likeness (QED) is 0.362. The Labute approximate surface area is 206 Å². The van der Waals surface area contributed by atoms with Gasteiger partial charge in [-0.1, -0.05) is 60.8 Å². The number of aryl methyl sites for hydroxylation is 1. The minimum Gasteiger partial charge on any atom is -0.352 e. The summed E-state index contributed by atoms with van der Waals surface area (Å²) in [5.41, 5.74) is 2.05. The van der Waals surface area contributed by atoms with Crippen molar-refractivity contribution < 1.29 is 9.59 Å². The topological polar surface area (TPSA) is 49.4 Å². The first-order valence-corrected chi connectivity index (χ1v) is 12.7. The van der Waals surface area contributed by atoms with E-state index in [0.717, 1.165) is 16.9 Å². The highest BCUT2D eigenvalue weighted by molar-refractivity contribution is 7.99. The van der Waals surface area contributed by atoms with Gasteiger partial charge in [0.15, 0.2) is 0 Å². The van der Waals surface area contributed by atoms with Crippen molar-refractivity contribution in [3.63, 3.8) is 0 Å². The SMILES string of the molecule is CCC(C)NC(=O)C(CC)N(Cc1ccc(Cl)c(Cl)c1)C(=O)CCSc1ccc(C)cc1. The average Bonchev–Trinajstić information content (AvgIpc) is 2.77. The van der Waals surface area contributed by atoms with Crippen LogP contribution in [0.5, 0.6) is 0 Å². The van der Waals surface area contributed by atoms with E-state index in [-0.39, 0.29) is 17.9 Å². The van der Waals surface area contributed by atoms with Crippen molar-refractivity contribution in [1.82, 2.24) is 10.2 Å². The molecule has 7 heteroatoms.